The maximum absolute atomic E-state index is 12.9. The molecule has 0 bridgehead atoms. The van der Waals surface area contributed by atoms with Crippen LogP contribution in [0.1, 0.15) is 10.4 Å². The summed E-state index contributed by atoms with van der Waals surface area (Å²) >= 11 is -2.79. The fourth-order valence-electron chi connectivity index (χ4n) is 0.974. The van der Waals surface area contributed by atoms with Crippen molar-refractivity contribution in [2.45, 2.75) is 0 Å². The molecule has 1 heterocycles. The maximum atomic E-state index is 12.9. The Morgan fingerprint density at radius 3 is 2.92 bits per heavy atom. The second-order valence-corrected chi connectivity index (χ2v) is 5.11. The van der Waals surface area contributed by atoms with Gasteiger partial charge in [-0.25, -0.2) is 0 Å². The molecule has 0 saturated carbocycles. The van der Waals surface area contributed by atoms with Gasteiger partial charge in [-0.3, -0.25) is 0 Å². The predicted octanol–water partition coefficient (Wildman–Crippen LogP) is 1.49. The zero-order valence-electron chi connectivity index (χ0n) is 5.75. The topological polar surface area (TPSA) is 46.5 Å². The van der Waals surface area contributed by atoms with E-state index in [9.17, 15) is 12.6 Å². The molecule has 0 saturated heterocycles. The zero-order valence-corrected chi connectivity index (χ0v) is 7.91. The zero-order chi connectivity index (χ0) is 8.72. The molecule has 0 atom stereocenters. The van der Waals surface area contributed by atoms with Gasteiger partial charge in [-0.2, -0.15) is 0 Å². The van der Waals surface area contributed by atoms with Crippen LogP contribution in [-0.4, -0.2) is 9.41 Å². The van der Waals surface area contributed by atoms with Gasteiger partial charge < -0.3 is 0 Å². The Morgan fingerprint density at radius 1 is 1.50 bits per heavy atom. The van der Waals surface area contributed by atoms with Crippen molar-refractivity contribution in [1.82, 2.24) is 0 Å². The van der Waals surface area contributed by atoms with Crippen LogP contribution in [-0.2, 0) is 3.07 Å². The van der Waals surface area contributed by atoms with Crippen LogP contribution >= 0.6 is 20.6 Å². The van der Waals surface area contributed by atoms with Gasteiger partial charge in [-0.1, -0.05) is 0 Å². The Bertz CT molecular complexity index is 353. The number of halogens is 2. The molecule has 0 spiro atoms. The molecule has 0 amide bonds. The van der Waals surface area contributed by atoms with Crippen molar-refractivity contribution < 1.29 is 15.7 Å². The third-order valence-corrected chi connectivity index (χ3v) is 4.19. The fraction of sp³-hybridized carbons (Fsp3) is 0. The molecule has 1 N–H and O–H groups in total. The molecular formula is C7H4FIO3. The van der Waals surface area contributed by atoms with Crippen LogP contribution in [0.3, 0.4) is 0 Å². The standard InChI is InChI=1S/C7H4FIO3/c8-4-2-1-3-5-6(4)7(10)12-9(5)11/h1-3,11H. The SMILES string of the molecule is O=C1OI(O)c2cccc(F)c21. The van der Waals surface area contributed by atoms with Crippen molar-refractivity contribution in [2.75, 3.05) is 0 Å². The number of hydrogen-bond donors (Lipinski definition) is 1. The second kappa shape index (κ2) is 2.67. The average Bonchev–Trinajstić information content (AvgIpc) is 2.29. The summed E-state index contributed by atoms with van der Waals surface area (Å²) in [5, 5.41) is 0. The Kier molecular flexibility index (Phi) is 1.76. The molecule has 0 radical (unpaired) electrons. The monoisotopic (exact) mass is 282 g/mol. The van der Waals surface area contributed by atoms with Crippen molar-refractivity contribution in [3.8, 4) is 0 Å². The minimum absolute atomic E-state index is 0.0924. The first kappa shape index (κ1) is 7.93. The summed E-state index contributed by atoms with van der Waals surface area (Å²) in [6, 6.07) is 4.15. The minimum atomic E-state index is -2.79. The van der Waals surface area contributed by atoms with Crippen molar-refractivity contribution >= 4 is 26.6 Å². The van der Waals surface area contributed by atoms with Crippen molar-refractivity contribution in [3.63, 3.8) is 0 Å². The van der Waals surface area contributed by atoms with Gasteiger partial charge in [-0.05, 0) is 0 Å². The first-order chi connectivity index (χ1) is 5.70. The fourth-order valence-corrected chi connectivity index (χ4v) is 3.26. The molecule has 3 nitrogen and oxygen atoms in total. The first-order valence-electron chi connectivity index (χ1n) is 3.10. The number of fused-ring (bicyclic) bond motifs is 1. The molecule has 0 aromatic heterocycles. The van der Waals surface area contributed by atoms with Gasteiger partial charge in [0, 0.05) is 0 Å². The summed E-state index contributed by atoms with van der Waals surface area (Å²) in [7, 11) is 0. The van der Waals surface area contributed by atoms with E-state index in [1.54, 1.807) is 0 Å². The van der Waals surface area contributed by atoms with E-state index >= 15 is 0 Å². The van der Waals surface area contributed by atoms with Gasteiger partial charge in [0.05, 0.1) is 0 Å². The van der Waals surface area contributed by atoms with Gasteiger partial charge in [0.15, 0.2) is 0 Å². The van der Waals surface area contributed by atoms with Crippen LogP contribution in [0.2, 0.25) is 0 Å². The van der Waals surface area contributed by atoms with Gasteiger partial charge >= 0.3 is 75.5 Å². The van der Waals surface area contributed by atoms with E-state index in [0.717, 1.165) is 0 Å². The molecule has 1 aromatic rings. The van der Waals surface area contributed by atoms with Crippen molar-refractivity contribution in [2.24, 2.45) is 0 Å². The summed E-state index contributed by atoms with van der Waals surface area (Å²) in [6.45, 7) is 0. The molecule has 1 aromatic carbocycles. The molecule has 12 heavy (non-hydrogen) atoms. The first-order valence-corrected chi connectivity index (χ1v) is 6.03. The predicted molar refractivity (Wildman–Crippen MR) is 46.8 cm³/mol. The molecule has 0 unspecified atom stereocenters. The van der Waals surface area contributed by atoms with Crippen LogP contribution in [0.4, 0.5) is 4.39 Å². The number of rotatable bonds is 0. The molecule has 5 heteroatoms. The summed E-state index contributed by atoms with van der Waals surface area (Å²) in [5.41, 5.74) is -0.0924. The molecule has 0 aliphatic carbocycles. The Hall–Kier alpha value is -0.690. The van der Waals surface area contributed by atoms with E-state index in [-0.39, 0.29) is 5.56 Å². The molecule has 64 valence electrons. The van der Waals surface area contributed by atoms with Crippen LogP contribution in [0, 0.1) is 9.39 Å². The van der Waals surface area contributed by atoms with E-state index in [1.807, 2.05) is 0 Å². The summed E-state index contributed by atoms with van der Waals surface area (Å²) in [5.74, 6) is -1.36. The Morgan fingerprint density at radius 2 is 2.25 bits per heavy atom. The normalized spacial score (nSPS) is 17.5. The summed E-state index contributed by atoms with van der Waals surface area (Å²) < 4.78 is 27.0. The quantitative estimate of drug-likeness (QED) is 0.733. The van der Waals surface area contributed by atoms with E-state index in [0.29, 0.717) is 3.57 Å². The number of carbonyl (C=O) groups excluding carboxylic acids is 1. The summed E-state index contributed by atoms with van der Waals surface area (Å²) in [4.78, 5) is 10.9. The number of hydrogen-bond acceptors (Lipinski definition) is 3. The summed E-state index contributed by atoms with van der Waals surface area (Å²) in [6.07, 6.45) is 0. The van der Waals surface area contributed by atoms with Crippen LogP contribution < -0.4 is 0 Å². The van der Waals surface area contributed by atoms with Crippen LogP contribution in [0.25, 0.3) is 0 Å². The van der Waals surface area contributed by atoms with Gasteiger partial charge in [0.1, 0.15) is 0 Å². The van der Waals surface area contributed by atoms with Crippen molar-refractivity contribution in [1.29, 1.82) is 0 Å². The van der Waals surface area contributed by atoms with E-state index in [2.05, 4.69) is 3.07 Å². The third kappa shape index (κ3) is 1.00. The third-order valence-electron chi connectivity index (χ3n) is 1.48. The second-order valence-electron chi connectivity index (χ2n) is 2.19. The molecule has 1 aliphatic rings. The van der Waals surface area contributed by atoms with E-state index in [4.69, 9.17) is 0 Å². The molecule has 2 rings (SSSR count). The molecule has 1 aliphatic heterocycles. The average molecular weight is 282 g/mol. The van der Waals surface area contributed by atoms with Crippen LogP contribution in [0.5, 0.6) is 0 Å². The Balaban J connectivity index is 2.67. The van der Waals surface area contributed by atoms with Gasteiger partial charge in [-0.15, -0.1) is 0 Å². The van der Waals surface area contributed by atoms with Gasteiger partial charge in [0.25, 0.3) is 0 Å². The molecular weight excluding hydrogens is 278 g/mol. The van der Waals surface area contributed by atoms with E-state index < -0.39 is 32.4 Å². The Labute approximate surface area is 75.6 Å². The molecule has 0 fully saturated rings. The van der Waals surface area contributed by atoms with Gasteiger partial charge in [0.2, 0.25) is 0 Å². The van der Waals surface area contributed by atoms with E-state index in [1.165, 1.54) is 18.2 Å². The number of carbonyl (C=O) groups is 1. The van der Waals surface area contributed by atoms with Crippen molar-refractivity contribution in [3.05, 3.63) is 33.1 Å². The number of benzene rings is 1. The van der Waals surface area contributed by atoms with Crippen LogP contribution in [0.15, 0.2) is 18.2 Å².